The highest BCUT2D eigenvalue weighted by molar-refractivity contribution is 5.38. The zero-order valence-electron chi connectivity index (χ0n) is 13.0. The van der Waals surface area contributed by atoms with Crippen LogP contribution in [-0.2, 0) is 13.0 Å². The lowest BCUT2D eigenvalue weighted by molar-refractivity contribution is 0.107. The molecule has 0 fully saturated rings. The quantitative estimate of drug-likeness (QED) is 0.860. The van der Waals surface area contributed by atoms with Gasteiger partial charge in [0.25, 0.3) is 0 Å². The zero-order valence-corrected chi connectivity index (χ0v) is 13.0. The molecule has 1 N–H and O–H groups in total. The topological polar surface area (TPSA) is 32.7 Å². The first-order chi connectivity index (χ1) is 10.7. The van der Waals surface area contributed by atoms with Gasteiger partial charge < -0.3 is 9.84 Å². The summed E-state index contributed by atoms with van der Waals surface area (Å²) in [5, 5.41) is 10.2. The Kier molecular flexibility index (Phi) is 4.76. The van der Waals surface area contributed by atoms with Crippen molar-refractivity contribution in [1.29, 1.82) is 0 Å². The number of aryl methyl sites for hydroxylation is 1. The summed E-state index contributed by atoms with van der Waals surface area (Å²) < 4.78 is 5.84. The van der Waals surface area contributed by atoms with Crippen LogP contribution in [-0.4, -0.2) is 30.2 Å². The number of aliphatic hydroxyl groups is 1. The van der Waals surface area contributed by atoms with Crippen molar-refractivity contribution >= 4 is 0 Å². The lowest BCUT2D eigenvalue weighted by atomic mass is 9.97. The minimum absolute atomic E-state index is 0.415. The highest BCUT2D eigenvalue weighted by Gasteiger charge is 2.21. The summed E-state index contributed by atoms with van der Waals surface area (Å²) >= 11 is 0. The van der Waals surface area contributed by atoms with Gasteiger partial charge in [-0.05, 0) is 48.7 Å². The highest BCUT2D eigenvalue weighted by atomic mass is 16.5. The van der Waals surface area contributed by atoms with E-state index in [2.05, 4.69) is 35.2 Å². The maximum Gasteiger partial charge on any atom is 0.119 e. The molecule has 2 aromatic carbocycles. The molecule has 0 unspecified atom stereocenters. The molecular weight excluding hydrogens is 274 g/mol. The summed E-state index contributed by atoms with van der Waals surface area (Å²) in [6.07, 6.45) is 1.60. The Labute approximate surface area is 132 Å². The van der Waals surface area contributed by atoms with Gasteiger partial charge in [-0.3, -0.25) is 4.90 Å². The Balaban J connectivity index is 1.54. The van der Waals surface area contributed by atoms with E-state index in [9.17, 15) is 5.11 Å². The molecule has 0 bridgehead atoms. The van der Waals surface area contributed by atoms with E-state index in [0.717, 1.165) is 30.7 Å². The van der Waals surface area contributed by atoms with E-state index in [0.29, 0.717) is 13.2 Å². The van der Waals surface area contributed by atoms with Crippen molar-refractivity contribution in [3.8, 4) is 5.75 Å². The van der Waals surface area contributed by atoms with Crippen LogP contribution < -0.4 is 4.74 Å². The van der Waals surface area contributed by atoms with Gasteiger partial charge in [0.2, 0.25) is 0 Å². The SMILES string of the molecule is CN1Cc2ccc(OCCCc3ccccc3)cc2[C@@H](O)C1. The molecule has 22 heavy (non-hydrogen) atoms. The van der Waals surface area contributed by atoms with Crippen LogP contribution in [0, 0.1) is 0 Å². The van der Waals surface area contributed by atoms with Gasteiger partial charge in [-0.2, -0.15) is 0 Å². The summed E-state index contributed by atoms with van der Waals surface area (Å²) in [6, 6.07) is 16.5. The normalized spacial score (nSPS) is 18.0. The maximum atomic E-state index is 10.2. The number of ether oxygens (including phenoxy) is 1. The Morgan fingerprint density at radius 2 is 2.00 bits per heavy atom. The van der Waals surface area contributed by atoms with Gasteiger partial charge in [-0.1, -0.05) is 36.4 Å². The summed E-state index contributed by atoms with van der Waals surface area (Å²) in [5.74, 6) is 0.857. The lowest BCUT2D eigenvalue weighted by Crippen LogP contribution is -2.30. The van der Waals surface area contributed by atoms with Crippen molar-refractivity contribution < 1.29 is 9.84 Å². The number of nitrogens with zero attached hydrogens (tertiary/aromatic N) is 1. The molecule has 116 valence electrons. The van der Waals surface area contributed by atoms with Crippen molar-refractivity contribution in [2.24, 2.45) is 0 Å². The van der Waals surface area contributed by atoms with Crippen LogP contribution in [0.4, 0.5) is 0 Å². The third-order valence-corrected chi connectivity index (χ3v) is 4.12. The van der Waals surface area contributed by atoms with Crippen molar-refractivity contribution in [2.45, 2.75) is 25.5 Å². The average Bonchev–Trinajstić information content (AvgIpc) is 2.53. The number of β-amino-alcohol motifs (C(OH)–C–C–N with tert-alkyl or cyclic N) is 1. The first-order valence-electron chi connectivity index (χ1n) is 7.88. The van der Waals surface area contributed by atoms with Crippen LogP contribution in [0.25, 0.3) is 0 Å². The molecule has 0 aromatic heterocycles. The first kappa shape index (κ1) is 15.1. The second-order valence-corrected chi connectivity index (χ2v) is 6.01. The predicted octanol–water partition coefficient (Wildman–Crippen LogP) is 3.18. The number of benzene rings is 2. The van der Waals surface area contributed by atoms with E-state index in [1.54, 1.807) is 0 Å². The second-order valence-electron chi connectivity index (χ2n) is 6.01. The zero-order chi connectivity index (χ0) is 15.4. The molecule has 2 aromatic rings. The predicted molar refractivity (Wildman–Crippen MR) is 88.0 cm³/mol. The number of rotatable bonds is 5. The highest BCUT2D eigenvalue weighted by Crippen LogP contribution is 2.29. The van der Waals surface area contributed by atoms with E-state index >= 15 is 0 Å². The summed E-state index contributed by atoms with van der Waals surface area (Å²) in [4.78, 5) is 2.13. The van der Waals surface area contributed by atoms with E-state index in [1.807, 2.05) is 25.2 Å². The molecule has 3 rings (SSSR count). The lowest BCUT2D eigenvalue weighted by Gasteiger charge is -2.29. The van der Waals surface area contributed by atoms with Gasteiger partial charge in [0.05, 0.1) is 12.7 Å². The summed E-state index contributed by atoms with van der Waals surface area (Å²) in [6.45, 7) is 2.27. The van der Waals surface area contributed by atoms with Gasteiger partial charge in [0, 0.05) is 13.1 Å². The maximum absolute atomic E-state index is 10.2. The molecule has 0 saturated heterocycles. The number of hydrogen-bond donors (Lipinski definition) is 1. The van der Waals surface area contributed by atoms with Gasteiger partial charge in [-0.25, -0.2) is 0 Å². The first-order valence-corrected chi connectivity index (χ1v) is 7.88. The standard InChI is InChI=1S/C19H23NO2/c1-20-13-16-9-10-17(12-18(16)19(21)14-20)22-11-5-8-15-6-3-2-4-7-15/h2-4,6-7,9-10,12,19,21H,5,8,11,13-14H2,1H3/t19-/m0/s1. The average molecular weight is 297 g/mol. The Morgan fingerprint density at radius 3 is 2.82 bits per heavy atom. The molecule has 0 saturated carbocycles. The second kappa shape index (κ2) is 6.95. The molecule has 0 radical (unpaired) electrons. The molecule has 3 nitrogen and oxygen atoms in total. The Bertz CT molecular complexity index is 612. The molecule has 0 amide bonds. The van der Waals surface area contributed by atoms with Crippen LogP contribution in [0.15, 0.2) is 48.5 Å². The number of fused-ring (bicyclic) bond motifs is 1. The van der Waals surface area contributed by atoms with Crippen molar-refractivity contribution in [2.75, 3.05) is 20.2 Å². The molecule has 1 heterocycles. The number of aliphatic hydroxyl groups excluding tert-OH is 1. The van der Waals surface area contributed by atoms with Crippen LogP contribution in [0.3, 0.4) is 0 Å². The van der Waals surface area contributed by atoms with Crippen LogP contribution in [0.5, 0.6) is 5.75 Å². The van der Waals surface area contributed by atoms with Gasteiger partial charge >= 0.3 is 0 Å². The fourth-order valence-electron chi connectivity index (χ4n) is 2.98. The Hall–Kier alpha value is -1.84. The van der Waals surface area contributed by atoms with Crippen LogP contribution in [0.2, 0.25) is 0 Å². The smallest absolute Gasteiger partial charge is 0.119 e. The molecule has 1 atom stereocenters. The van der Waals surface area contributed by atoms with Crippen molar-refractivity contribution in [1.82, 2.24) is 4.90 Å². The van der Waals surface area contributed by atoms with E-state index in [-0.39, 0.29) is 0 Å². The number of likely N-dealkylation sites (N-methyl/N-ethyl adjacent to an activating group) is 1. The Morgan fingerprint density at radius 1 is 1.18 bits per heavy atom. The van der Waals surface area contributed by atoms with Gasteiger partial charge in [-0.15, -0.1) is 0 Å². The molecular formula is C19H23NO2. The fourth-order valence-corrected chi connectivity index (χ4v) is 2.98. The summed E-state index contributed by atoms with van der Waals surface area (Å²) in [7, 11) is 2.03. The minimum Gasteiger partial charge on any atom is -0.494 e. The third-order valence-electron chi connectivity index (χ3n) is 4.12. The number of hydrogen-bond acceptors (Lipinski definition) is 3. The van der Waals surface area contributed by atoms with E-state index < -0.39 is 6.10 Å². The van der Waals surface area contributed by atoms with E-state index in [4.69, 9.17) is 4.74 Å². The van der Waals surface area contributed by atoms with Crippen molar-refractivity contribution in [3.05, 3.63) is 65.2 Å². The summed E-state index contributed by atoms with van der Waals surface area (Å²) in [5.41, 5.74) is 3.55. The van der Waals surface area contributed by atoms with Crippen LogP contribution in [0.1, 0.15) is 29.2 Å². The molecule has 0 aliphatic carbocycles. The van der Waals surface area contributed by atoms with Gasteiger partial charge in [0.1, 0.15) is 5.75 Å². The molecule has 1 aliphatic rings. The van der Waals surface area contributed by atoms with Crippen LogP contribution >= 0.6 is 0 Å². The molecule has 1 aliphatic heterocycles. The monoisotopic (exact) mass is 297 g/mol. The fraction of sp³-hybridized carbons (Fsp3) is 0.368. The molecule has 3 heteroatoms. The minimum atomic E-state index is -0.415. The molecule has 0 spiro atoms. The third kappa shape index (κ3) is 3.67. The largest absolute Gasteiger partial charge is 0.494 e. The van der Waals surface area contributed by atoms with Gasteiger partial charge in [0.15, 0.2) is 0 Å². The van der Waals surface area contributed by atoms with Crippen molar-refractivity contribution in [3.63, 3.8) is 0 Å². The van der Waals surface area contributed by atoms with E-state index in [1.165, 1.54) is 11.1 Å².